The molecule has 0 spiro atoms. The van der Waals surface area contributed by atoms with E-state index in [0.29, 0.717) is 0 Å². The van der Waals surface area contributed by atoms with E-state index in [-0.39, 0.29) is 10.8 Å². The Kier molecular flexibility index (Phi) is 3.90. The summed E-state index contributed by atoms with van der Waals surface area (Å²) >= 11 is 5.67. The lowest BCUT2D eigenvalue weighted by Crippen LogP contribution is -2.45. The third-order valence-corrected chi connectivity index (χ3v) is 2.50. The van der Waals surface area contributed by atoms with Crippen molar-refractivity contribution in [3.05, 3.63) is 28.8 Å². The van der Waals surface area contributed by atoms with Crippen LogP contribution in [-0.4, -0.2) is 24.2 Å². The van der Waals surface area contributed by atoms with Gasteiger partial charge in [0.15, 0.2) is 6.04 Å². The van der Waals surface area contributed by atoms with E-state index in [9.17, 15) is 13.6 Å². The van der Waals surface area contributed by atoms with Crippen LogP contribution >= 0.6 is 11.6 Å². The van der Waals surface area contributed by atoms with Crippen molar-refractivity contribution in [1.29, 1.82) is 0 Å². The fourth-order valence-electron chi connectivity index (χ4n) is 1.20. The Morgan fingerprint density at radius 1 is 1.59 bits per heavy atom. The molecule has 94 valence electrons. The zero-order valence-corrected chi connectivity index (χ0v) is 9.54. The maximum Gasteiger partial charge on any atom is 0.327 e. The van der Waals surface area contributed by atoms with Gasteiger partial charge in [0.2, 0.25) is 0 Å². The molecular weight excluding hydrogens is 256 g/mol. The van der Waals surface area contributed by atoms with E-state index < -0.39 is 23.5 Å². The van der Waals surface area contributed by atoms with E-state index in [1.165, 1.54) is 13.2 Å². The van der Waals surface area contributed by atoms with E-state index in [0.717, 1.165) is 12.1 Å². The number of ether oxygens (including phenoxy) is 1. The molecule has 1 aromatic rings. The van der Waals surface area contributed by atoms with Gasteiger partial charge in [-0.1, -0.05) is 17.7 Å². The van der Waals surface area contributed by atoms with Crippen LogP contribution < -0.4 is 10.5 Å². The van der Waals surface area contributed by atoms with Crippen molar-refractivity contribution in [2.75, 3.05) is 7.11 Å². The number of alkyl halides is 2. The number of hydrogen-bond acceptors (Lipinski definition) is 3. The summed E-state index contributed by atoms with van der Waals surface area (Å²) in [5.74, 6) is -5.46. The topological polar surface area (TPSA) is 72.5 Å². The van der Waals surface area contributed by atoms with E-state index in [1.54, 1.807) is 0 Å². The van der Waals surface area contributed by atoms with E-state index in [4.69, 9.17) is 27.2 Å². The third-order valence-electron chi connectivity index (χ3n) is 2.19. The average molecular weight is 266 g/mol. The number of carboxylic acids is 1. The summed E-state index contributed by atoms with van der Waals surface area (Å²) in [6.07, 6.45) is 0. The molecule has 1 unspecified atom stereocenters. The molecule has 0 aliphatic rings. The molecular formula is C10H10ClF2NO3. The number of benzene rings is 1. The van der Waals surface area contributed by atoms with Gasteiger partial charge in [0.1, 0.15) is 5.75 Å². The van der Waals surface area contributed by atoms with Gasteiger partial charge in [-0.3, -0.25) is 4.79 Å². The second kappa shape index (κ2) is 4.85. The maximum absolute atomic E-state index is 13.6. The molecule has 3 N–H and O–H groups in total. The van der Waals surface area contributed by atoms with Gasteiger partial charge >= 0.3 is 5.97 Å². The number of halogens is 3. The van der Waals surface area contributed by atoms with Crippen LogP contribution in [0.1, 0.15) is 5.56 Å². The molecule has 4 nitrogen and oxygen atoms in total. The highest BCUT2D eigenvalue weighted by atomic mass is 35.5. The van der Waals surface area contributed by atoms with Crippen LogP contribution in [0, 0.1) is 0 Å². The van der Waals surface area contributed by atoms with Crippen molar-refractivity contribution >= 4 is 17.6 Å². The Balaban J connectivity index is 3.19. The van der Waals surface area contributed by atoms with Crippen LogP contribution in [0.2, 0.25) is 5.02 Å². The number of hydrogen-bond donors (Lipinski definition) is 2. The Bertz CT molecular complexity index is 440. The molecule has 0 fully saturated rings. The first-order valence-electron chi connectivity index (χ1n) is 4.51. The first kappa shape index (κ1) is 13.7. The van der Waals surface area contributed by atoms with Crippen molar-refractivity contribution in [1.82, 2.24) is 0 Å². The summed E-state index contributed by atoms with van der Waals surface area (Å²) in [7, 11) is 1.26. The van der Waals surface area contributed by atoms with Crippen molar-refractivity contribution in [3.63, 3.8) is 0 Å². The molecule has 0 amide bonds. The van der Waals surface area contributed by atoms with Gasteiger partial charge in [-0.2, -0.15) is 8.78 Å². The number of carboxylic acid groups (broad SMARTS) is 1. The molecule has 0 aliphatic heterocycles. The Morgan fingerprint density at radius 3 is 2.65 bits per heavy atom. The van der Waals surface area contributed by atoms with Gasteiger partial charge in [-0.05, 0) is 12.1 Å². The third kappa shape index (κ3) is 2.65. The zero-order chi connectivity index (χ0) is 13.2. The SMILES string of the molecule is COc1cc(C(F)(F)C(N)C(=O)O)ccc1Cl. The summed E-state index contributed by atoms with van der Waals surface area (Å²) in [4.78, 5) is 10.5. The van der Waals surface area contributed by atoms with Gasteiger partial charge in [0.05, 0.1) is 12.1 Å². The molecule has 0 aromatic heterocycles. The van der Waals surface area contributed by atoms with Crippen LogP contribution in [-0.2, 0) is 10.7 Å². The lowest BCUT2D eigenvalue weighted by atomic mass is 10.0. The maximum atomic E-state index is 13.6. The van der Waals surface area contributed by atoms with Crippen molar-refractivity contribution in [2.24, 2.45) is 5.73 Å². The highest BCUT2D eigenvalue weighted by Gasteiger charge is 2.44. The van der Waals surface area contributed by atoms with Crippen molar-refractivity contribution in [3.8, 4) is 5.75 Å². The standard InChI is InChI=1S/C10H10ClF2NO3/c1-17-7-4-5(2-3-6(7)11)10(12,13)8(14)9(15)16/h2-4,8H,14H2,1H3,(H,15,16). The zero-order valence-electron chi connectivity index (χ0n) is 8.78. The predicted octanol–water partition coefficient (Wildman–Crippen LogP) is 1.85. The van der Waals surface area contributed by atoms with Crippen molar-refractivity contribution < 1.29 is 23.4 Å². The highest BCUT2D eigenvalue weighted by molar-refractivity contribution is 6.32. The largest absolute Gasteiger partial charge is 0.495 e. The minimum absolute atomic E-state index is 0.0291. The molecule has 0 bridgehead atoms. The number of aliphatic carboxylic acids is 1. The van der Waals surface area contributed by atoms with Gasteiger partial charge in [-0.15, -0.1) is 0 Å². The fourth-order valence-corrected chi connectivity index (χ4v) is 1.40. The first-order valence-corrected chi connectivity index (χ1v) is 4.88. The molecule has 1 aromatic carbocycles. The lowest BCUT2D eigenvalue weighted by molar-refractivity contribution is -0.149. The summed E-state index contributed by atoms with van der Waals surface area (Å²) < 4.78 is 32.1. The van der Waals surface area contributed by atoms with Gasteiger partial charge in [-0.25, -0.2) is 0 Å². The second-order valence-electron chi connectivity index (χ2n) is 3.29. The average Bonchev–Trinajstić information content (AvgIpc) is 2.28. The first-order chi connectivity index (χ1) is 7.80. The molecule has 7 heteroatoms. The monoisotopic (exact) mass is 265 g/mol. The van der Waals surface area contributed by atoms with Crippen LogP contribution in [0.5, 0.6) is 5.75 Å². The quantitative estimate of drug-likeness (QED) is 0.871. The number of methoxy groups -OCH3 is 1. The lowest BCUT2D eigenvalue weighted by Gasteiger charge is -2.21. The summed E-state index contributed by atoms with van der Waals surface area (Å²) in [5.41, 5.74) is 4.37. The van der Waals surface area contributed by atoms with Gasteiger partial charge < -0.3 is 15.6 Å². The summed E-state index contributed by atoms with van der Waals surface area (Å²) in [6, 6.07) is 0.838. The molecule has 0 saturated carbocycles. The number of rotatable bonds is 4. The second-order valence-corrected chi connectivity index (χ2v) is 3.70. The molecule has 1 rings (SSSR count). The normalized spacial score (nSPS) is 13.2. The van der Waals surface area contributed by atoms with Crippen molar-refractivity contribution in [2.45, 2.75) is 12.0 Å². The van der Waals surface area contributed by atoms with Crippen LogP contribution in [0.4, 0.5) is 8.78 Å². The molecule has 1 atom stereocenters. The molecule has 17 heavy (non-hydrogen) atoms. The Hall–Kier alpha value is -1.40. The summed E-state index contributed by atoms with van der Waals surface area (Å²) in [6.45, 7) is 0. The molecule has 0 saturated heterocycles. The Labute approximate surface area is 101 Å². The van der Waals surface area contributed by atoms with Crippen LogP contribution in [0.15, 0.2) is 18.2 Å². The highest BCUT2D eigenvalue weighted by Crippen LogP contribution is 2.35. The molecule has 0 radical (unpaired) electrons. The predicted molar refractivity (Wildman–Crippen MR) is 57.5 cm³/mol. The molecule has 0 heterocycles. The van der Waals surface area contributed by atoms with Gasteiger partial charge in [0, 0.05) is 5.56 Å². The summed E-state index contributed by atoms with van der Waals surface area (Å²) in [5, 5.41) is 8.65. The number of carbonyl (C=O) groups is 1. The van der Waals surface area contributed by atoms with Crippen LogP contribution in [0.25, 0.3) is 0 Å². The van der Waals surface area contributed by atoms with Gasteiger partial charge in [0.25, 0.3) is 5.92 Å². The minimum atomic E-state index is -3.70. The minimum Gasteiger partial charge on any atom is -0.495 e. The fraction of sp³-hybridized carbons (Fsp3) is 0.300. The molecule has 0 aliphatic carbocycles. The van der Waals surface area contributed by atoms with E-state index in [1.807, 2.05) is 0 Å². The Morgan fingerprint density at radius 2 is 2.18 bits per heavy atom. The smallest absolute Gasteiger partial charge is 0.327 e. The van der Waals surface area contributed by atoms with Crippen LogP contribution in [0.3, 0.4) is 0 Å². The van der Waals surface area contributed by atoms with E-state index in [2.05, 4.69) is 0 Å². The van der Waals surface area contributed by atoms with E-state index >= 15 is 0 Å². The number of nitrogens with two attached hydrogens (primary N) is 1.